The Bertz CT molecular complexity index is 1610. The van der Waals surface area contributed by atoms with E-state index in [4.69, 9.17) is 14.2 Å². The number of hydrogen-bond acceptors (Lipinski definition) is 6. The van der Waals surface area contributed by atoms with E-state index in [2.05, 4.69) is 11.9 Å². The molecule has 0 amide bonds. The zero-order valence-electron chi connectivity index (χ0n) is 26.4. The van der Waals surface area contributed by atoms with Crippen LogP contribution in [0, 0.1) is 12.7 Å². The molecule has 0 saturated carbocycles. The van der Waals surface area contributed by atoms with Crippen LogP contribution in [-0.4, -0.2) is 46.5 Å². The van der Waals surface area contributed by atoms with E-state index in [0.29, 0.717) is 40.7 Å². The van der Waals surface area contributed by atoms with Gasteiger partial charge in [0, 0.05) is 30.0 Å². The lowest BCUT2D eigenvalue weighted by Crippen LogP contribution is -2.07. The Morgan fingerprint density at radius 1 is 1.00 bits per heavy atom. The van der Waals surface area contributed by atoms with Gasteiger partial charge in [0.05, 0.1) is 48.0 Å². The SMILES string of the molecule is CCCCOCCOc1ccc(-c2cc(F)c(OC)c(/C=C/C(=O)Cc3ccc([S@@](=O)Cc4c(C)ncn4CC)cc3)c2)cc1. The molecule has 0 radical (unpaired) electrons. The molecule has 7 nitrogen and oxygen atoms in total. The second-order valence-corrected chi connectivity index (χ2v) is 12.0. The fraction of sp³-hybridized carbons (Fsp3) is 0.333. The van der Waals surface area contributed by atoms with E-state index in [1.807, 2.05) is 54.8 Å². The summed E-state index contributed by atoms with van der Waals surface area (Å²) in [5, 5.41) is 0. The number of benzene rings is 3. The van der Waals surface area contributed by atoms with Gasteiger partial charge in [-0.2, -0.15) is 0 Å². The van der Waals surface area contributed by atoms with Crippen molar-refractivity contribution in [2.24, 2.45) is 0 Å². The molecule has 0 aliphatic heterocycles. The van der Waals surface area contributed by atoms with Gasteiger partial charge in [-0.25, -0.2) is 9.37 Å². The number of aryl methyl sites for hydroxylation is 2. The van der Waals surface area contributed by atoms with Gasteiger partial charge in [-0.1, -0.05) is 37.6 Å². The average molecular weight is 633 g/mol. The highest BCUT2D eigenvalue weighted by Gasteiger charge is 2.14. The summed E-state index contributed by atoms with van der Waals surface area (Å²) in [5.41, 5.74) is 4.54. The molecule has 45 heavy (non-hydrogen) atoms. The highest BCUT2D eigenvalue weighted by molar-refractivity contribution is 7.84. The van der Waals surface area contributed by atoms with Crippen molar-refractivity contribution in [1.82, 2.24) is 9.55 Å². The maximum Gasteiger partial charge on any atom is 0.166 e. The molecule has 0 spiro atoms. The number of methoxy groups -OCH3 is 1. The largest absolute Gasteiger partial charge is 0.493 e. The van der Waals surface area contributed by atoms with Crippen molar-refractivity contribution in [3.05, 3.63) is 101 Å². The molecule has 4 aromatic rings. The van der Waals surface area contributed by atoms with Crippen LogP contribution in [-0.2, 0) is 39.0 Å². The van der Waals surface area contributed by atoms with Crippen LogP contribution in [0.25, 0.3) is 17.2 Å². The van der Waals surface area contributed by atoms with Crippen LogP contribution >= 0.6 is 0 Å². The molecule has 0 N–H and O–H groups in total. The van der Waals surface area contributed by atoms with Gasteiger partial charge in [-0.3, -0.25) is 9.00 Å². The second kappa shape index (κ2) is 16.8. The highest BCUT2D eigenvalue weighted by atomic mass is 32.2. The van der Waals surface area contributed by atoms with Crippen LogP contribution in [0.4, 0.5) is 4.39 Å². The van der Waals surface area contributed by atoms with E-state index in [1.165, 1.54) is 19.3 Å². The van der Waals surface area contributed by atoms with Crippen LogP contribution in [0.3, 0.4) is 0 Å². The Morgan fingerprint density at radius 3 is 2.44 bits per heavy atom. The van der Waals surface area contributed by atoms with E-state index in [-0.39, 0.29) is 18.0 Å². The first-order valence-corrected chi connectivity index (χ1v) is 16.5. The van der Waals surface area contributed by atoms with Gasteiger partial charge >= 0.3 is 0 Å². The van der Waals surface area contributed by atoms with Gasteiger partial charge in [0.15, 0.2) is 17.3 Å². The van der Waals surface area contributed by atoms with E-state index in [0.717, 1.165) is 48.5 Å². The Morgan fingerprint density at radius 2 is 1.76 bits per heavy atom. The number of carbonyl (C=O) groups excluding carboxylic acids is 1. The summed E-state index contributed by atoms with van der Waals surface area (Å²) in [4.78, 5) is 17.9. The first-order valence-electron chi connectivity index (χ1n) is 15.2. The molecule has 0 saturated heterocycles. The summed E-state index contributed by atoms with van der Waals surface area (Å²) in [5.74, 6) is 0.477. The molecule has 1 heterocycles. The third kappa shape index (κ3) is 9.45. The number of ether oxygens (including phenoxy) is 3. The third-order valence-corrected chi connectivity index (χ3v) is 8.71. The van der Waals surface area contributed by atoms with Crippen LogP contribution < -0.4 is 9.47 Å². The number of aromatic nitrogens is 2. The van der Waals surface area contributed by atoms with Gasteiger partial charge in [-0.15, -0.1) is 0 Å². The van der Waals surface area contributed by atoms with Crippen molar-refractivity contribution in [2.75, 3.05) is 26.9 Å². The zero-order chi connectivity index (χ0) is 32.2. The average Bonchev–Trinajstić information content (AvgIpc) is 3.40. The molecule has 0 aliphatic rings. The monoisotopic (exact) mass is 632 g/mol. The molecular formula is C36H41FN2O5S. The topological polar surface area (TPSA) is 79.7 Å². The predicted octanol–water partition coefficient (Wildman–Crippen LogP) is 7.35. The van der Waals surface area contributed by atoms with Gasteiger partial charge in [0.25, 0.3) is 0 Å². The Balaban J connectivity index is 1.38. The molecular weight excluding hydrogens is 591 g/mol. The maximum absolute atomic E-state index is 15.0. The van der Waals surface area contributed by atoms with Crippen molar-refractivity contribution in [2.45, 2.75) is 57.2 Å². The minimum absolute atomic E-state index is 0.0670. The molecule has 9 heteroatoms. The number of halogens is 1. The number of unbranched alkanes of at least 4 members (excludes halogenated alkanes) is 1. The van der Waals surface area contributed by atoms with Gasteiger partial charge in [-0.05, 0) is 85.5 Å². The standard InChI is InChI=1S/C36H41FN2O5S/c1-5-7-18-43-19-20-44-32-14-11-28(12-15-32)30-22-29(36(42-4)34(37)23-30)10-13-31(40)21-27-8-16-33(17-9-27)45(41)24-35-26(3)38-25-39(35)6-2/h8-17,22-23,25H,5-7,18-21,24H2,1-4H3/b13-10+/t45-/m0/s1. The molecule has 4 rings (SSSR count). The van der Waals surface area contributed by atoms with Crippen LogP contribution in [0.15, 0.2) is 78.0 Å². The van der Waals surface area contributed by atoms with Gasteiger partial charge in [0.1, 0.15) is 12.4 Å². The van der Waals surface area contributed by atoms with Crippen molar-refractivity contribution in [3.63, 3.8) is 0 Å². The third-order valence-electron chi connectivity index (χ3n) is 7.38. The summed E-state index contributed by atoms with van der Waals surface area (Å²) >= 11 is 0. The molecule has 1 atom stereocenters. The lowest BCUT2D eigenvalue weighted by Gasteiger charge is -2.11. The summed E-state index contributed by atoms with van der Waals surface area (Å²) in [6.07, 6.45) is 7.06. The first-order chi connectivity index (χ1) is 21.8. The number of carbonyl (C=O) groups is 1. The number of nitrogens with zero attached hydrogens (tertiary/aromatic N) is 2. The summed E-state index contributed by atoms with van der Waals surface area (Å²) in [6, 6.07) is 17.8. The Labute approximate surface area is 267 Å². The van der Waals surface area contributed by atoms with Crippen LogP contribution in [0.1, 0.15) is 49.2 Å². The molecule has 3 aromatic carbocycles. The second-order valence-electron chi connectivity index (χ2n) is 10.6. The van der Waals surface area contributed by atoms with E-state index >= 15 is 4.39 Å². The Kier molecular flexibility index (Phi) is 12.7. The van der Waals surface area contributed by atoms with E-state index in [1.54, 1.807) is 30.6 Å². The summed E-state index contributed by atoms with van der Waals surface area (Å²) in [7, 11) is 0.166. The van der Waals surface area contributed by atoms with Crippen molar-refractivity contribution >= 4 is 22.7 Å². The van der Waals surface area contributed by atoms with Crippen molar-refractivity contribution < 1.29 is 27.6 Å². The number of imidazole rings is 1. The van der Waals surface area contributed by atoms with Crippen molar-refractivity contribution in [1.29, 1.82) is 0 Å². The summed E-state index contributed by atoms with van der Waals surface area (Å²) < 4.78 is 46.6. The minimum atomic E-state index is -1.23. The van der Waals surface area contributed by atoms with Crippen LogP contribution in [0.2, 0.25) is 0 Å². The smallest absolute Gasteiger partial charge is 0.166 e. The fourth-order valence-electron chi connectivity index (χ4n) is 4.81. The van der Waals surface area contributed by atoms with Gasteiger partial charge in [0.2, 0.25) is 0 Å². The summed E-state index contributed by atoms with van der Waals surface area (Å²) in [6.45, 7) is 8.55. The highest BCUT2D eigenvalue weighted by Crippen LogP contribution is 2.32. The zero-order valence-corrected chi connectivity index (χ0v) is 27.2. The number of hydrogen-bond donors (Lipinski definition) is 0. The van der Waals surface area contributed by atoms with Crippen molar-refractivity contribution in [3.8, 4) is 22.6 Å². The fourth-order valence-corrected chi connectivity index (χ4v) is 6.04. The predicted molar refractivity (Wildman–Crippen MR) is 177 cm³/mol. The molecule has 0 fully saturated rings. The van der Waals surface area contributed by atoms with E-state index in [9.17, 15) is 9.00 Å². The first kappa shape index (κ1) is 33.8. The molecule has 0 aliphatic carbocycles. The minimum Gasteiger partial charge on any atom is -0.493 e. The lowest BCUT2D eigenvalue weighted by atomic mass is 10.0. The Hall–Kier alpha value is -4.08. The normalized spacial score (nSPS) is 12.0. The van der Waals surface area contributed by atoms with Crippen LogP contribution in [0.5, 0.6) is 11.5 Å². The maximum atomic E-state index is 15.0. The number of allylic oxidation sites excluding steroid dienone is 1. The molecule has 0 unspecified atom stereocenters. The number of ketones is 1. The number of rotatable bonds is 17. The quantitative estimate of drug-likeness (QED) is 0.0895. The van der Waals surface area contributed by atoms with Gasteiger partial charge < -0.3 is 18.8 Å². The molecule has 0 bridgehead atoms. The molecule has 1 aromatic heterocycles. The lowest BCUT2D eigenvalue weighted by molar-refractivity contribution is -0.113. The van der Waals surface area contributed by atoms with E-state index < -0.39 is 16.6 Å². The molecule has 238 valence electrons.